The normalized spacial score (nSPS) is 14.4. The molecule has 4 rings (SSSR count). The molecule has 3 aromatic rings. The Bertz CT molecular complexity index is 953. The highest BCUT2D eigenvalue weighted by Gasteiger charge is 2.21. The molecule has 1 aliphatic rings. The summed E-state index contributed by atoms with van der Waals surface area (Å²) in [6.45, 7) is 2.77. The number of hydrogen-bond acceptors (Lipinski definition) is 6. The molecule has 1 saturated heterocycles. The SMILES string of the molecule is COc1c(Cl)nc(N2CCOCC2)nc1-c1cccc(-c2ccn(C)n2)c1. The number of halogens is 1. The van der Waals surface area contributed by atoms with Crippen molar-refractivity contribution in [3.63, 3.8) is 0 Å². The lowest BCUT2D eigenvalue weighted by atomic mass is 10.1. The average molecular weight is 386 g/mol. The minimum atomic E-state index is 0.298. The van der Waals surface area contributed by atoms with Crippen LogP contribution in [0.25, 0.3) is 22.5 Å². The van der Waals surface area contributed by atoms with E-state index >= 15 is 0 Å². The minimum absolute atomic E-state index is 0.298. The van der Waals surface area contributed by atoms with E-state index in [0.29, 0.717) is 35.8 Å². The van der Waals surface area contributed by atoms with Gasteiger partial charge in [0.05, 0.1) is 26.0 Å². The van der Waals surface area contributed by atoms with Crippen molar-refractivity contribution < 1.29 is 9.47 Å². The topological polar surface area (TPSA) is 65.3 Å². The number of benzene rings is 1. The highest BCUT2D eigenvalue weighted by Crippen LogP contribution is 2.36. The predicted octanol–water partition coefficient (Wildman–Crippen LogP) is 3.04. The Morgan fingerprint density at radius 2 is 1.89 bits per heavy atom. The quantitative estimate of drug-likeness (QED) is 0.643. The highest BCUT2D eigenvalue weighted by molar-refractivity contribution is 6.31. The Labute approximate surface area is 162 Å². The lowest BCUT2D eigenvalue weighted by Crippen LogP contribution is -2.37. The van der Waals surface area contributed by atoms with E-state index in [1.807, 2.05) is 43.6 Å². The van der Waals surface area contributed by atoms with E-state index in [0.717, 1.165) is 29.9 Å². The summed E-state index contributed by atoms with van der Waals surface area (Å²) < 4.78 is 12.7. The summed E-state index contributed by atoms with van der Waals surface area (Å²) in [5.41, 5.74) is 3.45. The van der Waals surface area contributed by atoms with Gasteiger partial charge in [-0.25, -0.2) is 4.98 Å². The molecule has 8 heteroatoms. The Morgan fingerprint density at radius 1 is 1.11 bits per heavy atom. The van der Waals surface area contributed by atoms with Crippen molar-refractivity contribution in [1.29, 1.82) is 0 Å². The number of rotatable bonds is 4. The van der Waals surface area contributed by atoms with Gasteiger partial charge in [-0.15, -0.1) is 0 Å². The van der Waals surface area contributed by atoms with E-state index in [1.54, 1.807) is 11.8 Å². The zero-order valence-electron chi connectivity index (χ0n) is 15.2. The van der Waals surface area contributed by atoms with E-state index in [-0.39, 0.29) is 0 Å². The van der Waals surface area contributed by atoms with Crippen LogP contribution in [-0.2, 0) is 11.8 Å². The number of aromatic nitrogens is 4. The van der Waals surface area contributed by atoms with Crippen molar-refractivity contribution in [2.24, 2.45) is 7.05 Å². The van der Waals surface area contributed by atoms with Gasteiger partial charge in [-0.05, 0) is 12.1 Å². The average Bonchev–Trinajstić information content (AvgIpc) is 3.14. The first-order valence-electron chi connectivity index (χ1n) is 8.70. The molecule has 0 amide bonds. The second-order valence-electron chi connectivity index (χ2n) is 6.25. The van der Waals surface area contributed by atoms with Gasteiger partial charge in [0.25, 0.3) is 0 Å². The molecule has 1 aliphatic heterocycles. The van der Waals surface area contributed by atoms with Crippen molar-refractivity contribution in [2.45, 2.75) is 0 Å². The summed E-state index contributed by atoms with van der Waals surface area (Å²) in [5.74, 6) is 1.05. The van der Waals surface area contributed by atoms with E-state index in [9.17, 15) is 0 Å². The largest absolute Gasteiger partial charge is 0.491 e. The summed E-state index contributed by atoms with van der Waals surface area (Å²) in [6.07, 6.45) is 1.92. The van der Waals surface area contributed by atoms with Gasteiger partial charge in [0, 0.05) is 37.5 Å². The van der Waals surface area contributed by atoms with Crippen LogP contribution in [0.15, 0.2) is 36.5 Å². The van der Waals surface area contributed by atoms with E-state index < -0.39 is 0 Å². The lowest BCUT2D eigenvalue weighted by Gasteiger charge is -2.27. The Balaban J connectivity index is 1.79. The van der Waals surface area contributed by atoms with Crippen LogP contribution in [0.1, 0.15) is 0 Å². The third-order valence-electron chi connectivity index (χ3n) is 4.46. The number of aryl methyl sites for hydroxylation is 1. The van der Waals surface area contributed by atoms with E-state index in [2.05, 4.69) is 15.0 Å². The highest BCUT2D eigenvalue weighted by atomic mass is 35.5. The van der Waals surface area contributed by atoms with Crippen LogP contribution in [0.4, 0.5) is 5.95 Å². The molecule has 1 fully saturated rings. The van der Waals surface area contributed by atoms with Gasteiger partial charge < -0.3 is 14.4 Å². The first-order chi connectivity index (χ1) is 13.2. The van der Waals surface area contributed by atoms with Crippen LogP contribution in [0.5, 0.6) is 5.75 Å². The first-order valence-corrected chi connectivity index (χ1v) is 9.08. The van der Waals surface area contributed by atoms with Crippen LogP contribution in [-0.4, -0.2) is 53.2 Å². The maximum Gasteiger partial charge on any atom is 0.227 e. The number of anilines is 1. The van der Waals surface area contributed by atoms with Gasteiger partial charge in [-0.2, -0.15) is 10.1 Å². The summed E-state index contributed by atoms with van der Waals surface area (Å²) >= 11 is 6.41. The number of morpholine rings is 1. The fourth-order valence-electron chi connectivity index (χ4n) is 3.09. The summed E-state index contributed by atoms with van der Waals surface area (Å²) in [7, 11) is 3.47. The number of nitrogens with zero attached hydrogens (tertiary/aromatic N) is 5. The molecule has 0 saturated carbocycles. The second-order valence-corrected chi connectivity index (χ2v) is 6.61. The summed E-state index contributed by atoms with van der Waals surface area (Å²) in [5, 5.41) is 4.77. The number of ether oxygens (including phenoxy) is 2. The van der Waals surface area contributed by atoms with E-state index in [4.69, 9.17) is 26.1 Å². The Hall–Kier alpha value is -2.64. The van der Waals surface area contributed by atoms with Crippen LogP contribution < -0.4 is 9.64 Å². The van der Waals surface area contributed by atoms with Gasteiger partial charge in [-0.1, -0.05) is 29.8 Å². The molecule has 0 unspecified atom stereocenters. The van der Waals surface area contributed by atoms with Crippen molar-refractivity contribution >= 4 is 17.5 Å². The summed E-state index contributed by atoms with van der Waals surface area (Å²) in [4.78, 5) is 11.3. The molecule has 0 atom stereocenters. The fourth-order valence-corrected chi connectivity index (χ4v) is 3.33. The fraction of sp³-hybridized carbons (Fsp3) is 0.316. The smallest absolute Gasteiger partial charge is 0.227 e. The first kappa shape index (κ1) is 17.8. The van der Waals surface area contributed by atoms with Gasteiger partial charge in [-0.3, -0.25) is 4.68 Å². The minimum Gasteiger partial charge on any atom is -0.491 e. The Morgan fingerprint density at radius 3 is 2.59 bits per heavy atom. The van der Waals surface area contributed by atoms with Crippen molar-refractivity contribution in [3.8, 4) is 28.3 Å². The van der Waals surface area contributed by atoms with Gasteiger partial charge in [0.15, 0.2) is 10.9 Å². The van der Waals surface area contributed by atoms with Gasteiger partial charge in [0.2, 0.25) is 5.95 Å². The molecule has 0 spiro atoms. The molecule has 0 aliphatic carbocycles. The molecular weight excluding hydrogens is 366 g/mol. The van der Waals surface area contributed by atoms with Crippen molar-refractivity contribution in [3.05, 3.63) is 41.7 Å². The number of hydrogen-bond donors (Lipinski definition) is 0. The molecule has 7 nitrogen and oxygen atoms in total. The van der Waals surface area contributed by atoms with Crippen LogP contribution in [0.2, 0.25) is 5.15 Å². The second kappa shape index (κ2) is 7.54. The molecular formula is C19H20ClN5O2. The molecule has 3 heterocycles. The Kier molecular flexibility index (Phi) is 4.96. The van der Waals surface area contributed by atoms with Crippen LogP contribution in [0.3, 0.4) is 0 Å². The maximum absolute atomic E-state index is 6.41. The molecule has 27 heavy (non-hydrogen) atoms. The molecule has 1 aromatic carbocycles. The standard InChI is InChI=1S/C19H20ClN5O2/c1-24-7-6-15(23-24)13-4-3-5-14(12-13)16-17(26-2)18(20)22-19(21-16)25-8-10-27-11-9-25/h3-7,12H,8-11H2,1-2H3. The predicted molar refractivity (Wildman–Crippen MR) is 104 cm³/mol. The van der Waals surface area contributed by atoms with Crippen LogP contribution in [0, 0.1) is 0 Å². The molecule has 0 bridgehead atoms. The van der Waals surface area contributed by atoms with Crippen molar-refractivity contribution in [1.82, 2.24) is 19.7 Å². The molecule has 140 valence electrons. The molecule has 0 radical (unpaired) electrons. The lowest BCUT2D eigenvalue weighted by molar-refractivity contribution is 0.122. The van der Waals surface area contributed by atoms with Crippen LogP contribution >= 0.6 is 11.6 Å². The number of methoxy groups -OCH3 is 1. The maximum atomic E-state index is 6.41. The molecule has 0 N–H and O–H groups in total. The van der Waals surface area contributed by atoms with E-state index in [1.165, 1.54) is 0 Å². The van der Waals surface area contributed by atoms with Gasteiger partial charge >= 0.3 is 0 Å². The van der Waals surface area contributed by atoms with Gasteiger partial charge in [0.1, 0.15) is 5.69 Å². The third-order valence-corrected chi connectivity index (χ3v) is 4.71. The zero-order valence-corrected chi connectivity index (χ0v) is 16.0. The zero-order chi connectivity index (χ0) is 18.8. The summed E-state index contributed by atoms with van der Waals surface area (Å²) in [6, 6.07) is 9.99. The van der Waals surface area contributed by atoms with Crippen molar-refractivity contribution in [2.75, 3.05) is 38.3 Å². The molecule has 2 aromatic heterocycles. The monoisotopic (exact) mass is 385 g/mol. The third kappa shape index (κ3) is 3.61.